The predicted molar refractivity (Wildman–Crippen MR) is 109 cm³/mol. The number of ether oxygens (including phenoxy) is 1. The van der Waals surface area contributed by atoms with Crippen LogP contribution in [-0.2, 0) is 7.05 Å². The normalized spacial score (nSPS) is 18.0. The lowest BCUT2D eigenvalue weighted by atomic mass is 9.94. The van der Waals surface area contributed by atoms with Crippen molar-refractivity contribution in [2.45, 2.75) is 19.4 Å². The first kappa shape index (κ1) is 18.6. The number of fused-ring (bicyclic) bond motifs is 3. The molecule has 0 bridgehead atoms. The van der Waals surface area contributed by atoms with Gasteiger partial charge in [0.1, 0.15) is 11.9 Å². The maximum absolute atomic E-state index is 14.3. The van der Waals surface area contributed by atoms with Gasteiger partial charge in [-0.15, -0.1) is 5.53 Å². The Morgan fingerprint density at radius 1 is 1.13 bits per heavy atom. The van der Waals surface area contributed by atoms with E-state index in [2.05, 4.69) is 28.2 Å². The van der Waals surface area contributed by atoms with Crippen LogP contribution >= 0.6 is 0 Å². The first-order valence-electron chi connectivity index (χ1n) is 9.75. The summed E-state index contributed by atoms with van der Waals surface area (Å²) in [4.78, 5) is 0. The smallest absolute Gasteiger partial charge is 0.168 e. The highest BCUT2D eigenvalue weighted by Gasteiger charge is 2.31. The molecule has 0 saturated carbocycles. The van der Waals surface area contributed by atoms with Gasteiger partial charge in [-0.25, -0.2) is 8.78 Å². The highest BCUT2D eigenvalue weighted by molar-refractivity contribution is 5.75. The molecule has 5 rings (SSSR count). The van der Waals surface area contributed by atoms with Gasteiger partial charge in [0.25, 0.3) is 0 Å². The Balaban J connectivity index is 1.62. The van der Waals surface area contributed by atoms with Crippen LogP contribution in [-0.4, -0.2) is 21.3 Å². The Labute approximate surface area is 172 Å². The van der Waals surface area contributed by atoms with Crippen molar-refractivity contribution in [2.24, 2.45) is 7.05 Å². The minimum Gasteiger partial charge on any atom is -0.483 e. The lowest BCUT2D eigenvalue weighted by molar-refractivity contribution is 0.167. The van der Waals surface area contributed by atoms with Gasteiger partial charge in [0.15, 0.2) is 11.6 Å². The van der Waals surface area contributed by atoms with Gasteiger partial charge in [0.05, 0.1) is 17.6 Å². The fourth-order valence-electron chi connectivity index (χ4n) is 4.03. The van der Waals surface area contributed by atoms with Crippen LogP contribution < -0.4 is 15.7 Å². The highest BCUT2D eigenvalue weighted by atomic mass is 19.1. The van der Waals surface area contributed by atoms with Crippen molar-refractivity contribution < 1.29 is 13.5 Å². The minimum atomic E-state index is -0.708. The van der Waals surface area contributed by atoms with E-state index in [0.29, 0.717) is 13.0 Å². The summed E-state index contributed by atoms with van der Waals surface area (Å²) in [6, 6.07) is 9.56. The van der Waals surface area contributed by atoms with Crippen molar-refractivity contribution in [3.05, 3.63) is 77.3 Å². The molecule has 1 atom stereocenters. The van der Waals surface area contributed by atoms with Crippen LogP contribution in [0, 0.1) is 11.6 Å². The van der Waals surface area contributed by atoms with E-state index in [1.54, 1.807) is 4.68 Å². The van der Waals surface area contributed by atoms with Crippen molar-refractivity contribution in [3.63, 3.8) is 0 Å². The number of halogens is 2. The lowest BCUT2D eigenvalue weighted by Crippen LogP contribution is -2.37. The second kappa shape index (κ2) is 7.14. The predicted octanol–water partition coefficient (Wildman–Crippen LogP) is 3.90. The second-order valence-electron chi connectivity index (χ2n) is 7.54. The van der Waals surface area contributed by atoms with E-state index in [0.717, 1.165) is 39.7 Å². The van der Waals surface area contributed by atoms with E-state index in [-0.39, 0.29) is 5.75 Å². The van der Waals surface area contributed by atoms with E-state index >= 15 is 0 Å². The van der Waals surface area contributed by atoms with Crippen LogP contribution in [0.1, 0.15) is 30.6 Å². The Morgan fingerprint density at radius 3 is 2.77 bits per heavy atom. The summed E-state index contributed by atoms with van der Waals surface area (Å²) in [6.45, 7) is 2.66. The van der Waals surface area contributed by atoms with Gasteiger partial charge in [0, 0.05) is 49.0 Å². The Morgan fingerprint density at radius 2 is 2.00 bits per heavy atom. The Kier molecular flexibility index (Phi) is 4.43. The third-order valence-corrected chi connectivity index (χ3v) is 5.47. The molecule has 0 radical (unpaired) electrons. The van der Waals surface area contributed by atoms with Crippen molar-refractivity contribution in [3.8, 4) is 16.9 Å². The molecule has 0 spiro atoms. The quantitative estimate of drug-likeness (QED) is 0.687. The van der Waals surface area contributed by atoms with Crippen LogP contribution in [0.15, 0.2) is 54.5 Å². The first-order valence-corrected chi connectivity index (χ1v) is 9.75. The fraction of sp³-hybridized carbons (Fsp3) is 0.227. The number of hydrogen-bond donors (Lipinski definition) is 2. The van der Waals surface area contributed by atoms with Gasteiger partial charge in [-0.2, -0.15) is 5.10 Å². The summed E-state index contributed by atoms with van der Waals surface area (Å²) < 4.78 is 35.5. The molecule has 30 heavy (non-hydrogen) atoms. The Bertz CT molecular complexity index is 1160. The number of aromatic nitrogens is 2. The average molecular weight is 409 g/mol. The minimum absolute atomic E-state index is 0.0398. The monoisotopic (exact) mass is 409 g/mol. The number of nitrogens with one attached hydrogen (secondary N) is 2. The highest BCUT2D eigenvalue weighted by Crippen LogP contribution is 2.40. The molecule has 2 aromatic carbocycles. The molecule has 3 aromatic rings. The fourth-order valence-corrected chi connectivity index (χ4v) is 4.03. The average Bonchev–Trinajstić information content (AvgIpc) is 3.28. The molecule has 6 nitrogen and oxygen atoms in total. The largest absolute Gasteiger partial charge is 0.483 e. The van der Waals surface area contributed by atoms with Gasteiger partial charge < -0.3 is 10.2 Å². The van der Waals surface area contributed by atoms with Gasteiger partial charge in [-0.1, -0.05) is 12.1 Å². The third-order valence-electron chi connectivity index (χ3n) is 5.47. The zero-order chi connectivity index (χ0) is 20.8. The lowest BCUT2D eigenvalue weighted by Gasteiger charge is -2.21. The molecule has 0 aliphatic carbocycles. The maximum atomic E-state index is 14.3. The molecule has 0 fully saturated rings. The van der Waals surface area contributed by atoms with E-state index in [9.17, 15) is 8.78 Å². The van der Waals surface area contributed by atoms with E-state index in [1.165, 1.54) is 12.1 Å². The van der Waals surface area contributed by atoms with Crippen molar-refractivity contribution in [1.29, 1.82) is 0 Å². The number of allylic oxidation sites excluding steroid dienone is 1. The van der Waals surface area contributed by atoms with Crippen LogP contribution in [0.25, 0.3) is 16.8 Å². The van der Waals surface area contributed by atoms with Gasteiger partial charge in [-0.3, -0.25) is 9.69 Å². The molecular weight excluding hydrogens is 388 g/mol. The van der Waals surface area contributed by atoms with E-state index in [4.69, 9.17) is 4.74 Å². The van der Waals surface area contributed by atoms with Crippen LogP contribution in [0.3, 0.4) is 0 Å². The topological polar surface area (TPSA) is 54.4 Å². The molecule has 1 aromatic heterocycles. The van der Waals surface area contributed by atoms with Crippen LogP contribution in [0.2, 0.25) is 0 Å². The number of hydrazine groups is 2. The molecule has 3 heterocycles. The number of hydrogen-bond acceptors (Lipinski definition) is 5. The molecule has 2 aliphatic rings. The van der Waals surface area contributed by atoms with Crippen molar-refractivity contribution in [2.75, 3.05) is 6.54 Å². The Hall–Kier alpha value is -3.39. The third kappa shape index (κ3) is 3.19. The first-order chi connectivity index (χ1) is 14.5. The SMILES string of the molecule is CC1=C2c3ccc(-c4cnn(C)c4)cc3C(Oc3ccc(F)cc3F)CCN2NN1. The summed E-state index contributed by atoms with van der Waals surface area (Å²) in [5, 5.41) is 6.29. The summed E-state index contributed by atoms with van der Waals surface area (Å²) in [5.41, 5.74) is 12.3. The zero-order valence-corrected chi connectivity index (χ0v) is 16.6. The molecule has 1 unspecified atom stereocenters. The summed E-state index contributed by atoms with van der Waals surface area (Å²) in [6.07, 6.45) is 3.97. The standard InChI is InChI=1S/C22H21F2N5O/c1-13-22-17-5-3-14(15-11-25-28(2)12-15)9-18(17)20(7-8-29(22)27-26-13)30-21-6-4-16(23)10-19(21)24/h3-6,9-12,20,26-27H,7-8H2,1-2H3. The van der Waals surface area contributed by atoms with Gasteiger partial charge in [0.2, 0.25) is 0 Å². The summed E-state index contributed by atoms with van der Waals surface area (Å²) >= 11 is 0. The summed E-state index contributed by atoms with van der Waals surface area (Å²) in [5.74, 6) is -1.30. The summed E-state index contributed by atoms with van der Waals surface area (Å²) in [7, 11) is 1.87. The van der Waals surface area contributed by atoms with Crippen LogP contribution in [0.5, 0.6) is 5.75 Å². The number of benzene rings is 2. The molecular formula is C22H21F2N5O. The van der Waals surface area contributed by atoms with E-state index < -0.39 is 17.7 Å². The molecule has 8 heteroatoms. The maximum Gasteiger partial charge on any atom is 0.168 e. The molecule has 0 amide bonds. The van der Waals surface area contributed by atoms with Crippen LogP contribution in [0.4, 0.5) is 8.78 Å². The molecule has 0 saturated heterocycles. The zero-order valence-electron chi connectivity index (χ0n) is 16.6. The molecule has 2 aliphatic heterocycles. The number of aryl methyl sites for hydroxylation is 1. The van der Waals surface area contributed by atoms with Crippen molar-refractivity contribution in [1.82, 2.24) is 25.7 Å². The van der Waals surface area contributed by atoms with Crippen molar-refractivity contribution >= 4 is 5.70 Å². The molecule has 154 valence electrons. The van der Waals surface area contributed by atoms with E-state index in [1.807, 2.05) is 37.4 Å². The van der Waals surface area contributed by atoms with Gasteiger partial charge >= 0.3 is 0 Å². The van der Waals surface area contributed by atoms with Gasteiger partial charge in [-0.05, 0) is 30.7 Å². The number of rotatable bonds is 3. The number of nitrogens with zero attached hydrogens (tertiary/aromatic N) is 3. The molecule has 2 N–H and O–H groups in total. The second-order valence-corrected chi connectivity index (χ2v) is 7.54.